The van der Waals surface area contributed by atoms with Crippen LogP contribution in [0.2, 0.25) is 0 Å². The quantitative estimate of drug-likeness (QED) is 0.893. The molecule has 2 N–H and O–H groups in total. The lowest BCUT2D eigenvalue weighted by Gasteiger charge is -2.31. The van der Waals surface area contributed by atoms with Crippen LogP contribution in [0.3, 0.4) is 0 Å². The van der Waals surface area contributed by atoms with Crippen LogP contribution in [0.25, 0.3) is 0 Å². The number of fused-ring (bicyclic) bond motifs is 1. The molecule has 4 heteroatoms. The van der Waals surface area contributed by atoms with Gasteiger partial charge in [0.2, 0.25) is 0 Å². The maximum absolute atomic E-state index is 5.82. The van der Waals surface area contributed by atoms with Gasteiger partial charge in [0.05, 0.1) is 0 Å². The van der Waals surface area contributed by atoms with Crippen LogP contribution in [-0.2, 0) is 13.0 Å². The molecule has 1 aromatic heterocycles. The second-order valence-corrected chi connectivity index (χ2v) is 4.85. The number of anilines is 2. The Balaban J connectivity index is 2.11. The van der Waals surface area contributed by atoms with Gasteiger partial charge in [0.15, 0.2) is 0 Å². The van der Waals surface area contributed by atoms with E-state index in [1.807, 2.05) is 13.1 Å². The van der Waals surface area contributed by atoms with Crippen LogP contribution in [0.15, 0.2) is 30.5 Å². The van der Waals surface area contributed by atoms with Crippen molar-refractivity contribution < 1.29 is 0 Å². The Morgan fingerprint density at radius 2 is 2.16 bits per heavy atom. The maximum Gasteiger partial charge on any atom is 0.141 e. The summed E-state index contributed by atoms with van der Waals surface area (Å²) in [6, 6.07) is 8.52. The molecule has 0 fully saturated rings. The fraction of sp³-hybridized carbons (Fsp3) is 0.333. The Labute approximate surface area is 113 Å². The molecular weight excluding hydrogens is 236 g/mol. The van der Waals surface area contributed by atoms with Gasteiger partial charge < -0.3 is 10.6 Å². The summed E-state index contributed by atoms with van der Waals surface area (Å²) in [4.78, 5) is 11.1. The molecule has 0 bridgehead atoms. The highest BCUT2D eigenvalue weighted by Crippen LogP contribution is 2.33. The molecule has 0 aliphatic carbocycles. The van der Waals surface area contributed by atoms with Crippen molar-refractivity contribution in [1.82, 2.24) is 9.97 Å². The second-order valence-electron chi connectivity index (χ2n) is 4.85. The lowest BCUT2D eigenvalue weighted by Crippen LogP contribution is -2.27. The van der Waals surface area contributed by atoms with Crippen molar-refractivity contribution in [3.05, 3.63) is 47.4 Å². The summed E-state index contributed by atoms with van der Waals surface area (Å²) < 4.78 is 0. The van der Waals surface area contributed by atoms with E-state index < -0.39 is 0 Å². The highest BCUT2D eigenvalue weighted by Gasteiger charge is 2.21. The first-order valence-corrected chi connectivity index (χ1v) is 6.67. The number of aryl methyl sites for hydroxylation is 2. The van der Waals surface area contributed by atoms with Crippen molar-refractivity contribution in [2.75, 3.05) is 11.4 Å². The predicted octanol–water partition coefficient (Wildman–Crippen LogP) is 2.33. The highest BCUT2D eigenvalue weighted by atomic mass is 15.2. The number of nitrogens with zero attached hydrogens (tertiary/aromatic N) is 3. The van der Waals surface area contributed by atoms with Gasteiger partial charge in [-0.25, -0.2) is 9.97 Å². The standard InChI is InChI=1S/C15H18N4/c1-11-17-10-13(9-16)15(18-11)19-8-4-6-12-5-2-3-7-14(12)19/h2-3,5,7,10H,4,6,8-9,16H2,1H3. The summed E-state index contributed by atoms with van der Waals surface area (Å²) in [6.07, 6.45) is 4.12. The van der Waals surface area contributed by atoms with Gasteiger partial charge in [-0.15, -0.1) is 0 Å². The summed E-state index contributed by atoms with van der Waals surface area (Å²) in [5.74, 6) is 1.75. The molecule has 1 aliphatic heterocycles. The zero-order valence-corrected chi connectivity index (χ0v) is 11.1. The number of aromatic nitrogens is 2. The number of hydrogen-bond donors (Lipinski definition) is 1. The van der Waals surface area contributed by atoms with Gasteiger partial charge in [-0.2, -0.15) is 0 Å². The van der Waals surface area contributed by atoms with Gasteiger partial charge in [0, 0.05) is 30.5 Å². The molecule has 2 heterocycles. The number of nitrogens with two attached hydrogens (primary N) is 1. The minimum atomic E-state index is 0.467. The molecule has 98 valence electrons. The predicted molar refractivity (Wildman–Crippen MR) is 76.4 cm³/mol. The molecule has 0 unspecified atom stereocenters. The minimum absolute atomic E-state index is 0.467. The second kappa shape index (κ2) is 4.97. The van der Waals surface area contributed by atoms with Gasteiger partial charge >= 0.3 is 0 Å². The van der Waals surface area contributed by atoms with E-state index in [-0.39, 0.29) is 0 Å². The topological polar surface area (TPSA) is 55.0 Å². The van der Waals surface area contributed by atoms with Gasteiger partial charge in [-0.3, -0.25) is 0 Å². The van der Waals surface area contributed by atoms with E-state index in [2.05, 4.69) is 39.1 Å². The zero-order valence-electron chi connectivity index (χ0n) is 11.1. The van der Waals surface area contributed by atoms with E-state index in [4.69, 9.17) is 5.73 Å². The summed E-state index contributed by atoms with van der Waals surface area (Å²) >= 11 is 0. The first-order valence-electron chi connectivity index (χ1n) is 6.67. The average Bonchev–Trinajstić information content (AvgIpc) is 2.46. The molecule has 0 amide bonds. The zero-order chi connectivity index (χ0) is 13.2. The molecular formula is C15H18N4. The van der Waals surface area contributed by atoms with Crippen molar-refractivity contribution in [2.24, 2.45) is 5.73 Å². The highest BCUT2D eigenvalue weighted by molar-refractivity contribution is 5.67. The fourth-order valence-electron chi connectivity index (χ4n) is 2.61. The molecule has 0 saturated heterocycles. The Kier molecular flexibility index (Phi) is 3.17. The molecule has 19 heavy (non-hydrogen) atoms. The smallest absolute Gasteiger partial charge is 0.141 e. The number of benzene rings is 1. The molecule has 3 rings (SSSR count). The summed E-state index contributed by atoms with van der Waals surface area (Å²) in [5.41, 5.74) is 9.46. The van der Waals surface area contributed by atoms with E-state index in [0.29, 0.717) is 6.54 Å². The van der Waals surface area contributed by atoms with E-state index in [0.717, 1.165) is 36.6 Å². The van der Waals surface area contributed by atoms with Crippen molar-refractivity contribution in [1.29, 1.82) is 0 Å². The molecule has 1 aliphatic rings. The number of para-hydroxylation sites is 1. The summed E-state index contributed by atoms with van der Waals surface area (Å²) in [7, 11) is 0. The Morgan fingerprint density at radius 3 is 3.00 bits per heavy atom. The van der Waals surface area contributed by atoms with Crippen LogP contribution in [0, 0.1) is 6.92 Å². The van der Waals surface area contributed by atoms with Crippen LogP contribution >= 0.6 is 0 Å². The third-order valence-corrected chi connectivity index (χ3v) is 3.55. The van der Waals surface area contributed by atoms with Gasteiger partial charge in [0.25, 0.3) is 0 Å². The molecule has 4 nitrogen and oxygen atoms in total. The number of rotatable bonds is 2. The molecule has 0 saturated carbocycles. The molecule has 0 atom stereocenters. The van der Waals surface area contributed by atoms with Crippen molar-refractivity contribution in [2.45, 2.75) is 26.3 Å². The van der Waals surface area contributed by atoms with Crippen molar-refractivity contribution >= 4 is 11.5 Å². The molecule has 0 spiro atoms. The monoisotopic (exact) mass is 254 g/mol. The fourth-order valence-corrected chi connectivity index (χ4v) is 2.61. The largest absolute Gasteiger partial charge is 0.326 e. The van der Waals surface area contributed by atoms with E-state index in [1.165, 1.54) is 11.3 Å². The lowest BCUT2D eigenvalue weighted by atomic mass is 10.0. The lowest BCUT2D eigenvalue weighted by molar-refractivity contribution is 0.750. The van der Waals surface area contributed by atoms with Gasteiger partial charge in [0.1, 0.15) is 11.6 Å². The third-order valence-electron chi connectivity index (χ3n) is 3.55. The van der Waals surface area contributed by atoms with Crippen LogP contribution < -0.4 is 10.6 Å². The van der Waals surface area contributed by atoms with Crippen LogP contribution in [-0.4, -0.2) is 16.5 Å². The first-order chi connectivity index (χ1) is 9.29. The van der Waals surface area contributed by atoms with Gasteiger partial charge in [-0.05, 0) is 31.4 Å². The third kappa shape index (κ3) is 2.19. The number of hydrogen-bond acceptors (Lipinski definition) is 4. The SMILES string of the molecule is Cc1ncc(CN)c(N2CCCc3ccccc32)n1. The minimum Gasteiger partial charge on any atom is -0.326 e. The molecule has 2 aromatic rings. The van der Waals surface area contributed by atoms with E-state index >= 15 is 0 Å². The van der Waals surface area contributed by atoms with Crippen LogP contribution in [0.5, 0.6) is 0 Å². The normalized spacial score (nSPS) is 14.3. The Bertz CT molecular complexity index is 594. The Hall–Kier alpha value is -1.94. The average molecular weight is 254 g/mol. The molecule has 1 aromatic carbocycles. The Morgan fingerprint density at radius 1 is 1.32 bits per heavy atom. The summed E-state index contributed by atoms with van der Waals surface area (Å²) in [5, 5.41) is 0. The molecule has 0 radical (unpaired) electrons. The maximum atomic E-state index is 5.82. The van der Waals surface area contributed by atoms with E-state index in [1.54, 1.807) is 0 Å². The summed E-state index contributed by atoms with van der Waals surface area (Å²) in [6.45, 7) is 3.37. The first kappa shape index (κ1) is 12.1. The van der Waals surface area contributed by atoms with Crippen molar-refractivity contribution in [3.8, 4) is 0 Å². The van der Waals surface area contributed by atoms with Crippen molar-refractivity contribution in [3.63, 3.8) is 0 Å². The van der Waals surface area contributed by atoms with E-state index in [9.17, 15) is 0 Å². The van der Waals surface area contributed by atoms with Crippen LogP contribution in [0.4, 0.5) is 11.5 Å². The van der Waals surface area contributed by atoms with Gasteiger partial charge in [-0.1, -0.05) is 18.2 Å². The van der Waals surface area contributed by atoms with Crippen LogP contribution in [0.1, 0.15) is 23.4 Å².